The van der Waals surface area contributed by atoms with Crippen LogP contribution in [0.15, 0.2) is 24.3 Å². The second kappa shape index (κ2) is 6.05. The number of hydrogen-bond donors (Lipinski definition) is 1. The second-order valence-electron chi connectivity index (χ2n) is 4.76. The Kier molecular flexibility index (Phi) is 5.22. The van der Waals surface area contributed by atoms with Crippen molar-refractivity contribution in [2.24, 2.45) is 0 Å². The van der Waals surface area contributed by atoms with Crippen molar-refractivity contribution in [2.45, 2.75) is 19.3 Å². The van der Waals surface area contributed by atoms with Gasteiger partial charge in [-0.25, -0.2) is 4.79 Å². The number of carbonyl (C=O) groups excluding carboxylic acids is 2. The Morgan fingerprint density at radius 3 is 2.48 bits per heavy atom. The summed E-state index contributed by atoms with van der Waals surface area (Å²) in [5, 5.41) is 0.767. The third-order valence-corrected chi connectivity index (χ3v) is 4.01. The molecule has 0 saturated carbocycles. The van der Waals surface area contributed by atoms with Crippen LogP contribution in [0.3, 0.4) is 0 Å². The van der Waals surface area contributed by atoms with Crippen LogP contribution in [0.25, 0.3) is 0 Å². The molecule has 7 nitrogen and oxygen atoms in total. The SMILES string of the molecule is CC(=O)ON1C(=O)C(C)(CS(=O)(=O)O)c2ccccc21.[NaH]. The maximum absolute atomic E-state index is 12.4. The van der Waals surface area contributed by atoms with E-state index >= 15 is 0 Å². The molecule has 1 unspecified atom stereocenters. The molecule has 0 aromatic heterocycles. The summed E-state index contributed by atoms with van der Waals surface area (Å²) in [7, 11) is -4.38. The van der Waals surface area contributed by atoms with E-state index in [0.717, 1.165) is 12.0 Å². The number of benzene rings is 1. The van der Waals surface area contributed by atoms with Gasteiger partial charge in [0.1, 0.15) is 0 Å². The van der Waals surface area contributed by atoms with E-state index in [0.29, 0.717) is 11.3 Å². The van der Waals surface area contributed by atoms with Crippen LogP contribution in [-0.4, -0.2) is 60.2 Å². The van der Waals surface area contributed by atoms with E-state index in [1.54, 1.807) is 18.2 Å². The zero-order valence-electron chi connectivity index (χ0n) is 10.9. The fourth-order valence-electron chi connectivity index (χ4n) is 2.29. The van der Waals surface area contributed by atoms with E-state index < -0.39 is 33.2 Å². The minimum atomic E-state index is -4.38. The molecule has 0 aliphatic carbocycles. The van der Waals surface area contributed by atoms with Gasteiger partial charge in [-0.2, -0.15) is 8.42 Å². The molecule has 1 N–H and O–H groups in total. The van der Waals surface area contributed by atoms with E-state index in [9.17, 15) is 18.0 Å². The number of rotatable bonds is 3. The minimum absolute atomic E-state index is 0. The van der Waals surface area contributed by atoms with Crippen LogP contribution in [-0.2, 0) is 30.0 Å². The molecule has 0 saturated heterocycles. The van der Waals surface area contributed by atoms with Gasteiger partial charge in [-0.3, -0.25) is 9.35 Å². The summed E-state index contributed by atoms with van der Waals surface area (Å²) < 4.78 is 31.4. The Hall–Kier alpha value is -0.930. The van der Waals surface area contributed by atoms with Gasteiger partial charge in [0.05, 0.1) is 16.9 Å². The van der Waals surface area contributed by atoms with Crippen LogP contribution < -0.4 is 5.06 Å². The standard InChI is InChI=1S/C12H13NO6S.Na.H/c1-8(14)19-13-10-6-4-3-5-9(10)12(2,11(13)15)7-20(16,17)18;;/h3-6H,7H2,1-2H3,(H,16,17,18);;. The molecule has 21 heavy (non-hydrogen) atoms. The molecule has 1 aromatic rings. The Bertz CT molecular complexity index is 689. The summed E-state index contributed by atoms with van der Waals surface area (Å²) in [5.41, 5.74) is -0.831. The fraction of sp³-hybridized carbons (Fsp3) is 0.333. The zero-order chi connectivity index (χ0) is 15.1. The number of carbonyl (C=O) groups is 2. The molecule has 1 aliphatic heterocycles. The average molecular weight is 323 g/mol. The molecule has 0 spiro atoms. The maximum atomic E-state index is 12.4. The first-order valence-electron chi connectivity index (χ1n) is 5.73. The molecule has 1 aliphatic rings. The number of anilines is 1. The number of hydroxylamine groups is 1. The van der Waals surface area contributed by atoms with Crippen molar-refractivity contribution in [3.8, 4) is 0 Å². The summed E-state index contributed by atoms with van der Waals surface area (Å²) in [6.45, 7) is 2.51. The van der Waals surface area contributed by atoms with Gasteiger partial charge in [-0.1, -0.05) is 18.2 Å². The van der Waals surface area contributed by atoms with Crippen LogP contribution in [0.5, 0.6) is 0 Å². The molecule has 0 fully saturated rings. The van der Waals surface area contributed by atoms with Crippen molar-refractivity contribution in [3.05, 3.63) is 29.8 Å². The van der Waals surface area contributed by atoms with Crippen molar-refractivity contribution >= 4 is 57.2 Å². The number of amides is 1. The Morgan fingerprint density at radius 1 is 1.38 bits per heavy atom. The van der Waals surface area contributed by atoms with Crippen molar-refractivity contribution in [1.82, 2.24) is 0 Å². The van der Waals surface area contributed by atoms with Gasteiger partial charge < -0.3 is 4.84 Å². The molecule has 0 radical (unpaired) electrons. The number of nitrogens with zero attached hydrogens (tertiary/aromatic N) is 1. The molecule has 2 rings (SSSR count). The van der Waals surface area contributed by atoms with Gasteiger partial charge in [0.15, 0.2) is 0 Å². The van der Waals surface area contributed by atoms with Crippen molar-refractivity contribution in [2.75, 3.05) is 10.8 Å². The van der Waals surface area contributed by atoms with Crippen LogP contribution in [0.2, 0.25) is 0 Å². The topological polar surface area (TPSA) is 101 Å². The first-order chi connectivity index (χ1) is 9.15. The predicted molar refractivity (Wildman–Crippen MR) is 76.6 cm³/mol. The first kappa shape index (κ1) is 18.1. The van der Waals surface area contributed by atoms with E-state index in [1.807, 2.05) is 0 Å². The predicted octanol–water partition coefficient (Wildman–Crippen LogP) is 0.00830. The molecule has 110 valence electrons. The molecular weight excluding hydrogens is 309 g/mol. The molecule has 1 aromatic carbocycles. The number of hydrogen-bond acceptors (Lipinski definition) is 5. The molecule has 1 atom stereocenters. The number of fused-ring (bicyclic) bond motifs is 1. The van der Waals surface area contributed by atoms with Gasteiger partial charge in [0.2, 0.25) is 0 Å². The van der Waals surface area contributed by atoms with E-state index in [1.165, 1.54) is 13.0 Å². The normalized spacial score (nSPS) is 20.7. The molecular formula is C12H14NNaO6S. The van der Waals surface area contributed by atoms with Gasteiger partial charge in [0.25, 0.3) is 16.0 Å². The van der Waals surface area contributed by atoms with Gasteiger partial charge in [-0.15, -0.1) is 5.06 Å². The summed E-state index contributed by atoms with van der Waals surface area (Å²) >= 11 is 0. The summed E-state index contributed by atoms with van der Waals surface area (Å²) in [5.74, 6) is -2.20. The average Bonchev–Trinajstić information content (AvgIpc) is 2.50. The Labute approximate surface area is 144 Å². The number of para-hydroxylation sites is 1. The van der Waals surface area contributed by atoms with Crippen molar-refractivity contribution in [3.63, 3.8) is 0 Å². The van der Waals surface area contributed by atoms with Crippen LogP contribution in [0, 0.1) is 0 Å². The quantitative estimate of drug-likeness (QED) is 0.621. The first-order valence-corrected chi connectivity index (χ1v) is 7.34. The zero-order valence-corrected chi connectivity index (χ0v) is 11.7. The molecule has 1 heterocycles. The molecule has 9 heteroatoms. The third-order valence-electron chi connectivity index (χ3n) is 3.06. The fourth-order valence-corrected chi connectivity index (χ4v) is 3.30. The summed E-state index contributed by atoms with van der Waals surface area (Å²) in [6.07, 6.45) is 0. The second-order valence-corrected chi connectivity index (χ2v) is 6.21. The van der Waals surface area contributed by atoms with Crippen LogP contribution >= 0.6 is 0 Å². The molecule has 0 bridgehead atoms. The van der Waals surface area contributed by atoms with Gasteiger partial charge in [0, 0.05) is 6.92 Å². The van der Waals surface area contributed by atoms with E-state index in [-0.39, 0.29) is 29.6 Å². The molecule has 1 amide bonds. The van der Waals surface area contributed by atoms with Crippen LogP contribution in [0.4, 0.5) is 5.69 Å². The van der Waals surface area contributed by atoms with E-state index in [4.69, 9.17) is 9.39 Å². The summed E-state index contributed by atoms with van der Waals surface area (Å²) in [4.78, 5) is 28.3. The van der Waals surface area contributed by atoms with Crippen molar-refractivity contribution in [1.29, 1.82) is 0 Å². The van der Waals surface area contributed by atoms with Crippen molar-refractivity contribution < 1.29 is 27.4 Å². The van der Waals surface area contributed by atoms with Gasteiger partial charge in [-0.05, 0) is 18.6 Å². The monoisotopic (exact) mass is 323 g/mol. The van der Waals surface area contributed by atoms with Crippen LogP contribution in [0.1, 0.15) is 19.4 Å². The third kappa shape index (κ3) is 3.46. The Balaban J connectivity index is 0.00000220. The summed E-state index contributed by atoms with van der Waals surface area (Å²) in [6, 6.07) is 6.35. The van der Waals surface area contributed by atoms with E-state index in [2.05, 4.69) is 0 Å². The van der Waals surface area contributed by atoms with Gasteiger partial charge >= 0.3 is 35.5 Å². The Morgan fingerprint density at radius 2 is 1.95 bits per heavy atom.